The smallest absolute Gasteiger partial charge is 0.411 e. The number of fused-ring (bicyclic) bond motifs is 2. The Morgan fingerprint density at radius 2 is 0.883 bits per heavy atom. The molecule has 2 aromatic heterocycles. The van der Waals surface area contributed by atoms with Crippen LogP contribution in [0.1, 0.15) is 112 Å². The molecular formula is C58H71N7O12. The predicted molar refractivity (Wildman–Crippen MR) is 291 cm³/mol. The number of likely N-dealkylation sites (tertiary alicyclic amines) is 3. The molecule has 77 heavy (non-hydrogen) atoms. The van der Waals surface area contributed by atoms with Gasteiger partial charge in [-0.2, -0.15) is 0 Å². The molecule has 3 aliphatic rings. The highest BCUT2D eigenvalue weighted by Gasteiger charge is 2.39. The first-order chi connectivity index (χ1) is 36.2. The fraction of sp³-hybridized carbons (Fsp3) is 0.448. The van der Waals surface area contributed by atoms with Gasteiger partial charge in [0.15, 0.2) is 22.7 Å². The number of oxazole rings is 2. The average Bonchev–Trinajstić information content (AvgIpc) is 4.21. The van der Waals surface area contributed by atoms with Crippen molar-refractivity contribution in [2.75, 3.05) is 31.1 Å². The molecule has 0 bridgehead atoms. The summed E-state index contributed by atoms with van der Waals surface area (Å²) in [4.78, 5) is 87.5. The molecule has 3 fully saturated rings. The first kappa shape index (κ1) is 56.8. The van der Waals surface area contributed by atoms with Crippen LogP contribution in [0.5, 0.6) is 0 Å². The molecule has 3 saturated heterocycles. The number of nitrogens with two attached hydrogens (primary N) is 2. The predicted octanol–water partition coefficient (Wildman–Crippen LogP) is 10.6. The number of anilines is 2. The minimum atomic E-state index is -0.960. The lowest BCUT2D eigenvalue weighted by Crippen LogP contribution is -2.43. The zero-order valence-electron chi connectivity index (χ0n) is 45.4. The van der Waals surface area contributed by atoms with E-state index in [1.807, 2.05) is 108 Å². The summed E-state index contributed by atoms with van der Waals surface area (Å²) in [6.07, 6.45) is 2.97. The van der Waals surface area contributed by atoms with E-state index < -0.39 is 59.2 Å². The van der Waals surface area contributed by atoms with E-state index in [9.17, 15) is 28.8 Å². The highest BCUT2D eigenvalue weighted by atomic mass is 16.6. The molecule has 5 N–H and O–H groups in total. The summed E-state index contributed by atoms with van der Waals surface area (Å²) in [6.45, 7) is 17.7. The molecule has 5 heterocycles. The number of rotatable bonds is 9. The highest BCUT2D eigenvalue weighted by molar-refractivity contribution is 5.91. The zero-order valence-corrected chi connectivity index (χ0v) is 45.4. The molecule has 0 aliphatic carbocycles. The summed E-state index contributed by atoms with van der Waals surface area (Å²) >= 11 is 0. The molecule has 0 spiro atoms. The molecule has 6 aromatic rings. The van der Waals surface area contributed by atoms with Crippen molar-refractivity contribution in [1.29, 1.82) is 0 Å². The van der Waals surface area contributed by atoms with E-state index in [-0.39, 0.29) is 24.4 Å². The second-order valence-corrected chi connectivity index (χ2v) is 22.5. The van der Waals surface area contributed by atoms with Gasteiger partial charge in [0.2, 0.25) is 11.8 Å². The van der Waals surface area contributed by atoms with Crippen LogP contribution in [0.15, 0.2) is 93.8 Å². The van der Waals surface area contributed by atoms with Crippen LogP contribution >= 0.6 is 0 Å². The van der Waals surface area contributed by atoms with Gasteiger partial charge in [-0.3, -0.25) is 24.3 Å². The van der Waals surface area contributed by atoms with Crippen LogP contribution in [0.3, 0.4) is 0 Å². The fourth-order valence-corrected chi connectivity index (χ4v) is 9.15. The van der Waals surface area contributed by atoms with E-state index in [4.69, 9.17) is 39.6 Å². The standard InChI is InChI=1S/C35H43N3O7.C13H11N3O.C10H17NO4/c1-34(2,3)44-32(41)37-17-7-9-26(37)28(39)20-22-11-14-24(15-12-22)31-36-25-19-23(13-16-30(25)43-31)21-29(40)27-10-8-18-38(27)33(42)45-35(4,5)6;14-9-3-1-8(2-4-9)13-16-11-7-10(15)5-6-12(11)17-13;1-10(2,3)15-9(14)11-6-4-5-7(11)8(12)13/h11-16,19,26-27H,7-10,17-18,20-21H2,1-6H3;1-7H,14-15H2;7H,4-6H2,1-3H3,(H,12,13)/t26-,27?;;7-/m0.1/s1. The number of carbonyl (C=O) groups is 6. The first-order valence-electron chi connectivity index (χ1n) is 26.0. The third kappa shape index (κ3) is 15.3. The number of carboxylic acid groups (broad SMARTS) is 1. The molecule has 3 amide bonds. The van der Waals surface area contributed by atoms with Crippen molar-refractivity contribution < 1.29 is 56.9 Å². The third-order valence-electron chi connectivity index (χ3n) is 12.6. The van der Waals surface area contributed by atoms with Gasteiger partial charge in [-0.15, -0.1) is 0 Å². The molecule has 1 unspecified atom stereocenters. The summed E-state index contributed by atoms with van der Waals surface area (Å²) in [7, 11) is 0. The normalized spacial score (nSPS) is 17.6. The molecule has 19 nitrogen and oxygen atoms in total. The van der Waals surface area contributed by atoms with Crippen LogP contribution in [-0.2, 0) is 41.4 Å². The molecule has 4 aromatic carbocycles. The Balaban J connectivity index is 0.000000217. The summed E-state index contributed by atoms with van der Waals surface area (Å²) in [5, 5.41) is 8.88. The quantitative estimate of drug-likeness (QED) is 0.0897. The summed E-state index contributed by atoms with van der Waals surface area (Å²) in [5.41, 5.74) is 16.9. The molecular weight excluding hydrogens is 987 g/mol. The van der Waals surface area contributed by atoms with Crippen LogP contribution in [0.25, 0.3) is 45.1 Å². The number of nitrogen functional groups attached to an aromatic ring is 2. The van der Waals surface area contributed by atoms with E-state index in [0.717, 1.165) is 52.6 Å². The number of ether oxygens (including phenoxy) is 3. The van der Waals surface area contributed by atoms with E-state index in [1.165, 1.54) is 4.90 Å². The van der Waals surface area contributed by atoms with Crippen molar-refractivity contribution in [3.63, 3.8) is 0 Å². The number of Topliss-reactive ketones (excluding diaryl/α,β-unsaturated/α-hetero) is 2. The van der Waals surface area contributed by atoms with Gasteiger partial charge in [0.05, 0.1) is 12.1 Å². The Labute approximate surface area is 448 Å². The van der Waals surface area contributed by atoms with Crippen molar-refractivity contribution in [2.24, 2.45) is 0 Å². The van der Waals surface area contributed by atoms with Gasteiger partial charge in [0, 0.05) is 55.0 Å². The van der Waals surface area contributed by atoms with Gasteiger partial charge in [0.1, 0.15) is 33.9 Å². The maximum absolute atomic E-state index is 13.2. The SMILES string of the molecule is CC(C)(C)OC(=O)N1CCCC1C(=O)Cc1ccc2oc(-c3ccc(CC(=O)[C@@H]4CCCN4C(=O)OC(C)(C)C)cc3)nc2c1.CC(C)(C)OC(=O)N1CCC[C@@H]1C(=O)O.Nc1ccc(-c2nc3cc(N)ccc3o2)cc1. The molecule has 0 saturated carbocycles. The van der Waals surface area contributed by atoms with Crippen LogP contribution in [0.4, 0.5) is 25.8 Å². The zero-order chi connectivity index (χ0) is 56.0. The largest absolute Gasteiger partial charge is 0.480 e. The second kappa shape index (κ2) is 23.5. The number of ketones is 2. The summed E-state index contributed by atoms with van der Waals surface area (Å²) in [5.74, 6) is 0.00866. The summed E-state index contributed by atoms with van der Waals surface area (Å²) in [6, 6.07) is 24.1. The molecule has 410 valence electrons. The summed E-state index contributed by atoms with van der Waals surface area (Å²) < 4.78 is 27.8. The maximum atomic E-state index is 13.2. The fourth-order valence-electron chi connectivity index (χ4n) is 9.15. The van der Waals surface area contributed by atoms with Crippen LogP contribution in [0.2, 0.25) is 0 Å². The van der Waals surface area contributed by atoms with Gasteiger partial charge in [-0.05, 0) is 179 Å². The third-order valence-corrected chi connectivity index (χ3v) is 12.6. The topological polar surface area (TPSA) is 264 Å². The monoisotopic (exact) mass is 1060 g/mol. The Morgan fingerprint density at radius 3 is 1.32 bits per heavy atom. The number of benzene rings is 4. The van der Waals surface area contributed by atoms with Crippen LogP contribution in [0, 0.1) is 0 Å². The number of carbonyl (C=O) groups excluding carboxylic acids is 5. The number of aromatic nitrogens is 2. The Hall–Kier alpha value is -7.96. The van der Waals surface area contributed by atoms with E-state index >= 15 is 0 Å². The Bertz CT molecular complexity index is 3090. The maximum Gasteiger partial charge on any atom is 0.411 e. The molecule has 0 radical (unpaired) electrons. The van der Waals surface area contributed by atoms with Crippen molar-refractivity contribution in [3.8, 4) is 22.9 Å². The number of nitrogens with zero attached hydrogens (tertiary/aromatic N) is 5. The van der Waals surface area contributed by atoms with Crippen LogP contribution in [-0.4, -0.2) is 120 Å². The highest BCUT2D eigenvalue weighted by Crippen LogP contribution is 2.30. The number of amides is 3. The van der Waals surface area contributed by atoms with Gasteiger partial charge >= 0.3 is 24.2 Å². The molecule has 3 atom stereocenters. The van der Waals surface area contributed by atoms with Crippen molar-refractivity contribution in [3.05, 3.63) is 96.1 Å². The van der Waals surface area contributed by atoms with Gasteiger partial charge < -0.3 is 39.6 Å². The molecule has 3 aliphatic heterocycles. The lowest BCUT2D eigenvalue weighted by molar-refractivity contribution is -0.142. The Morgan fingerprint density at radius 1 is 0.519 bits per heavy atom. The minimum absolute atomic E-state index is 0.0122. The number of aliphatic carboxylic acids is 1. The van der Waals surface area contributed by atoms with Gasteiger partial charge in [0.25, 0.3) is 0 Å². The van der Waals surface area contributed by atoms with Crippen molar-refractivity contribution in [2.45, 2.75) is 149 Å². The Kier molecular flexibility index (Phi) is 17.3. The lowest BCUT2D eigenvalue weighted by atomic mass is 10.0. The number of carboxylic acids is 1. The van der Waals surface area contributed by atoms with Crippen LogP contribution < -0.4 is 11.5 Å². The first-order valence-corrected chi connectivity index (χ1v) is 26.0. The number of hydrogen-bond acceptors (Lipinski definition) is 15. The lowest BCUT2D eigenvalue weighted by Gasteiger charge is -2.28. The van der Waals surface area contributed by atoms with Gasteiger partial charge in [-0.25, -0.2) is 29.1 Å². The second-order valence-electron chi connectivity index (χ2n) is 22.5. The van der Waals surface area contributed by atoms with Crippen molar-refractivity contribution in [1.82, 2.24) is 24.7 Å². The van der Waals surface area contributed by atoms with E-state index in [2.05, 4.69) is 9.97 Å². The van der Waals surface area contributed by atoms with E-state index in [0.29, 0.717) is 73.2 Å². The van der Waals surface area contributed by atoms with Gasteiger partial charge in [-0.1, -0.05) is 18.2 Å². The average molecular weight is 1060 g/mol. The van der Waals surface area contributed by atoms with Crippen molar-refractivity contribution >= 4 is 69.4 Å². The van der Waals surface area contributed by atoms with E-state index in [1.54, 1.807) is 48.8 Å². The number of hydrogen-bond donors (Lipinski definition) is 3. The minimum Gasteiger partial charge on any atom is -0.480 e. The molecule has 9 rings (SSSR count). The molecule has 19 heteroatoms.